The number of carbonyl (C=O) groups excluding carboxylic acids is 1. The molecule has 12 heavy (non-hydrogen) atoms. The minimum atomic E-state index is -0.234. The van der Waals surface area contributed by atoms with Crippen molar-refractivity contribution >= 4 is 23.1 Å². The summed E-state index contributed by atoms with van der Waals surface area (Å²) in [6, 6.07) is 3.65. The van der Waals surface area contributed by atoms with Gasteiger partial charge < -0.3 is 5.32 Å². The van der Waals surface area contributed by atoms with Crippen molar-refractivity contribution in [1.82, 2.24) is 5.32 Å². The van der Waals surface area contributed by atoms with Gasteiger partial charge >= 0.3 is 0 Å². The number of rotatable bonds is 1. The summed E-state index contributed by atoms with van der Waals surface area (Å²) < 4.78 is 0. The van der Waals surface area contributed by atoms with Crippen LogP contribution >= 0.6 is 11.3 Å². The molecule has 0 saturated heterocycles. The third-order valence-corrected chi connectivity index (χ3v) is 2.57. The van der Waals surface area contributed by atoms with Crippen LogP contribution in [0.2, 0.25) is 0 Å². The first-order chi connectivity index (χ1) is 5.77. The molecule has 0 saturated carbocycles. The van der Waals surface area contributed by atoms with E-state index in [-0.39, 0.29) is 11.9 Å². The van der Waals surface area contributed by atoms with Gasteiger partial charge in [-0.2, -0.15) is 0 Å². The SMILES string of the molecule is CC1N=C(c2cccs2)NC1=O. The lowest BCUT2D eigenvalue weighted by Crippen LogP contribution is -2.27. The van der Waals surface area contributed by atoms with Crippen molar-refractivity contribution in [3.63, 3.8) is 0 Å². The van der Waals surface area contributed by atoms with E-state index in [0.717, 1.165) is 4.88 Å². The molecule has 1 aromatic heterocycles. The number of amides is 1. The number of amidine groups is 1. The Hall–Kier alpha value is -1.16. The first-order valence-corrected chi connectivity index (χ1v) is 4.58. The normalized spacial score (nSPS) is 22.2. The second kappa shape index (κ2) is 2.71. The smallest absolute Gasteiger partial charge is 0.250 e. The van der Waals surface area contributed by atoms with E-state index in [4.69, 9.17) is 0 Å². The Kier molecular flexibility index (Phi) is 1.69. The van der Waals surface area contributed by atoms with Crippen LogP contribution in [0.3, 0.4) is 0 Å². The molecule has 1 atom stereocenters. The van der Waals surface area contributed by atoms with Gasteiger partial charge in [0.05, 0.1) is 4.88 Å². The van der Waals surface area contributed by atoms with E-state index < -0.39 is 0 Å². The summed E-state index contributed by atoms with van der Waals surface area (Å²) in [7, 11) is 0. The topological polar surface area (TPSA) is 41.5 Å². The Morgan fingerprint density at radius 3 is 3.00 bits per heavy atom. The third kappa shape index (κ3) is 1.14. The summed E-state index contributed by atoms with van der Waals surface area (Å²) in [5.41, 5.74) is 0. The number of hydrogen-bond acceptors (Lipinski definition) is 3. The Balaban J connectivity index is 2.28. The third-order valence-electron chi connectivity index (χ3n) is 1.70. The largest absolute Gasteiger partial charge is 0.308 e. The van der Waals surface area contributed by atoms with E-state index in [2.05, 4.69) is 10.3 Å². The molecule has 2 heterocycles. The second-order valence-electron chi connectivity index (χ2n) is 2.62. The summed E-state index contributed by atoms with van der Waals surface area (Å²) in [4.78, 5) is 16.3. The minimum Gasteiger partial charge on any atom is -0.308 e. The maximum absolute atomic E-state index is 11.1. The number of carbonyl (C=O) groups is 1. The predicted octanol–water partition coefficient (Wildman–Crippen LogP) is 1.01. The monoisotopic (exact) mass is 180 g/mol. The zero-order valence-corrected chi connectivity index (χ0v) is 7.39. The molecule has 62 valence electrons. The molecule has 1 unspecified atom stereocenters. The molecule has 2 rings (SSSR count). The van der Waals surface area contributed by atoms with Crippen molar-refractivity contribution in [2.24, 2.45) is 4.99 Å². The van der Waals surface area contributed by atoms with E-state index in [0.29, 0.717) is 5.84 Å². The molecular weight excluding hydrogens is 172 g/mol. The number of aliphatic imine (C=N–C) groups is 1. The van der Waals surface area contributed by atoms with Gasteiger partial charge in [-0.1, -0.05) is 6.07 Å². The average Bonchev–Trinajstić information content (AvgIpc) is 2.61. The highest BCUT2D eigenvalue weighted by Gasteiger charge is 2.22. The van der Waals surface area contributed by atoms with Gasteiger partial charge in [0.2, 0.25) is 5.91 Å². The van der Waals surface area contributed by atoms with Crippen LogP contribution in [0.5, 0.6) is 0 Å². The highest BCUT2D eigenvalue weighted by Crippen LogP contribution is 2.12. The highest BCUT2D eigenvalue weighted by atomic mass is 32.1. The Bertz CT molecular complexity index is 329. The van der Waals surface area contributed by atoms with E-state index in [1.54, 1.807) is 18.3 Å². The molecule has 3 nitrogen and oxygen atoms in total. The van der Waals surface area contributed by atoms with Gasteiger partial charge in [0.25, 0.3) is 0 Å². The molecule has 1 N–H and O–H groups in total. The van der Waals surface area contributed by atoms with Crippen molar-refractivity contribution in [3.8, 4) is 0 Å². The quantitative estimate of drug-likeness (QED) is 0.688. The first-order valence-electron chi connectivity index (χ1n) is 3.70. The van der Waals surface area contributed by atoms with Crippen molar-refractivity contribution in [1.29, 1.82) is 0 Å². The molecule has 0 fully saturated rings. The summed E-state index contributed by atoms with van der Waals surface area (Å²) >= 11 is 1.58. The maximum atomic E-state index is 11.1. The fraction of sp³-hybridized carbons (Fsp3) is 0.250. The van der Waals surface area contributed by atoms with E-state index >= 15 is 0 Å². The van der Waals surface area contributed by atoms with Crippen molar-refractivity contribution < 1.29 is 4.79 Å². The zero-order chi connectivity index (χ0) is 8.55. The Morgan fingerprint density at radius 2 is 2.50 bits per heavy atom. The van der Waals surface area contributed by atoms with Crippen molar-refractivity contribution in [2.75, 3.05) is 0 Å². The van der Waals surface area contributed by atoms with Crippen LogP contribution in [0, 0.1) is 0 Å². The molecular formula is C8H8N2OS. The molecule has 1 amide bonds. The second-order valence-corrected chi connectivity index (χ2v) is 3.57. The van der Waals surface area contributed by atoms with Crippen LogP contribution in [-0.2, 0) is 4.79 Å². The van der Waals surface area contributed by atoms with Crippen LogP contribution in [0.25, 0.3) is 0 Å². The molecule has 0 aromatic carbocycles. The molecule has 1 aliphatic rings. The van der Waals surface area contributed by atoms with Crippen LogP contribution in [0.15, 0.2) is 22.5 Å². The average molecular weight is 180 g/mol. The van der Waals surface area contributed by atoms with Gasteiger partial charge in [-0.15, -0.1) is 11.3 Å². The summed E-state index contributed by atoms with van der Waals surface area (Å²) in [6.45, 7) is 1.79. The molecule has 0 radical (unpaired) electrons. The molecule has 0 bridgehead atoms. The molecule has 1 aliphatic heterocycles. The molecule has 1 aromatic rings. The fourth-order valence-electron chi connectivity index (χ4n) is 1.04. The van der Waals surface area contributed by atoms with Gasteiger partial charge in [-0.05, 0) is 18.4 Å². The predicted molar refractivity (Wildman–Crippen MR) is 48.5 cm³/mol. The van der Waals surface area contributed by atoms with Crippen LogP contribution in [0.1, 0.15) is 11.8 Å². The number of nitrogens with one attached hydrogen (secondary N) is 1. The van der Waals surface area contributed by atoms with Gasteiger partial charge in [-0.25, -0.2) is 0 Å². The standard InChI is InChI=1S/C8H8N2OS/c1-5-8(11)10-7(9-5)6-3-2-4-12-6/h2-5H,1H3,(H,9,10,11). The maximum Gasteiger partial charge on any atom is 0.250 e. The van der Waals surface area contributed by atoms with E-state index in [1.807, 2.05) is 17.5 Å². The van der Waals surface area contributed by atoms with E-state index in [1.165, 1.54) is 0 Å². The minimum absolute atomic E-state index is 0.0154. The van der Waals surface area contributed by atoms with Gasteiger partial charge in [0.1, 0.15) is 11.9 Å². The Morgan fingerprint density at radius 1 is 1.67 bits per heavy atom. The van der Waals surface area contributed by atoms with Crippen molar-refractivity contribution in [2.45, 2.75) is 13.0 Å². The lowest BCUT2D eigenvalue weighted by atomic mass is 10.4. The van der Waals surface area contributed by atoms with Gasteiger partial charge in [0, 0.05) is 0 Å². The zero-order valence-electron chi connectivity index (χ0n) is 6.57. The Labute approximate surface area is 74.1 Å². The lowest BCUT2D eigenvalue weighted by molar-refractivity contribution is -0.119. The number of nitrogens with zero attached hydrogens (tertiary/aromatic N) is 1. The molecule has 0 spiro atoms. The number of thiophene rings is 1. The summed E-state index contributed by atoms with van der Waals surface area (Å²) in [5.74, 6) is 0.695. The lowest BCUT2D eigenvalue weighted by Gasteiger charge is -1.94. The number of hydrogen-bond donors (Lipinski definition) is 1. The van der Waals surface area contributed by atoms with E-state index in [9.17, 15) is 4.79 Å². The van der Waals surface area contributed by atoms with Crippen LogP contribution in [0.4, 0.5) is 0 Å². The summed E-state index contributed by atoms with van der Waals surface area (Å²) in [5, 5.41) is 4.69. The fourth-order valence-corrected chi connectivity index (χ4v) is 1.72. The van der Waals surface area contributed by atoms with Crippen molar-refractivity contribution in [3.05, 3.63) is 22.4 Å². The van der Waals surface area contributed by atoms with Crippen LogP contribution in [-0.4, -0.2) is 17.8 Å². The highest BCUT2D eigenvalue weighted by molar-refractivity contribution is 7.12. The van der Waals surface area contributed by atoms with Gasteiger partial charge in [0.15, 0.2) is 0 Å². The first kappa shape index (κ1) is 7.49. The summed E-state index contributed by atoms with van der Waals surface area (Å²) in [6.07, 6.45) is 0. The molecule has 0 aliphatic carbocycles. The van der Waals surface area contributed by atoms with Crippen LogP contribution < -0.4 is 5.32 Å². The molecule has 4 heteroatoms. The van der Waals surface area contributed by atoms with Gasteiger partial charge in [-0.3, -0.25) is 9.79 Å².